The summed E-state index contributed by atoms with van der Waals surface area (Å²) in [5, 5.41) is 0. The van der Waals surface area contributed by atoms with Crippen molar-refractivity contribution in [2.75, 3.05) is 19.2 Å². The van der Waals surface area contributed by atoms with Gasteiger partial charge in [0, 0.05) is 0 Å². The van der Waals surface area contributed by atoms with Gasteiger partial charge in [-0.25, -0.2) is 14.0 Å². The van der Waals surface area contributed by atoms with Crippen molar-refractivity contribution in [3.8, 4) is 0 Å². The van der Waals surface area contributed by atoms with Gasteiger partial charge in [0.25, 0.3) is 0 Å². The smallest absolute Gasteiger partial charge is 0.418 e. The molecule has 0 aromatic heterocycles. The first-order chi connectivity index (χ1) is 5.76. The van der Waals surface area contributed by atoms with Crippen molar-refractivity contribution < 1.29 is 23.5 Å². The summed E-state index contributed by atoms with van der Waals surface area (Å²) in [4.78, 5) is 20.3. The summed E-state index contributed by atoms with van der Waals surface area (Å²) in [7, 11) is 0. The van der Waals surface area contributed by atoms with E-state index < -0.39 is 18.7 Å². The van der Waals surface area contributed by atoms with Gasteiger partial charge in [0.1, 0.15) is 13.3 Å². The molecule has 0 saturated heterocycles. The first-order valence-electron chi connectivity index (χ1n) is 3.07. The fourth-order valence-electron chi connectivity index (χ4n) is 0.433. The molecule has 12 heavy (non-hydrogen) atoms. The summed E-state index contributed by atoms with van der Waals surface area (Å²) in [6, 6.07) is 0. The highest BCUT2D eigenvalue weighted by molar-refractivity contribution is 6.18. The van der Waals surface area contributed by atoms with E-state index in [0.29, 0.717) is 0 Å². The van der Waals surface area contributed by atoms with Gasteiger partial charge in [-0.05, 0) is 0 Å². The van der Waals surface area contributed by atoms with E-state index in [4.69, 9.17) is 11.6 Å². The first-order valence-corrected chi connectivity index (χ1v) is 3.61. The average molecular weight is 198 g/mol. The Bertz CT molecular complexity index is 152. The second-order valence-corrected chi connectivity index (χ2v) is 2.08. The minimum atomic E-state index is -1.52. The zero-order valence-corrected chi connectivity index (χ0v) is 6.84. The summed E-state index contributed by atoms with van der Waals surface area (Å²) < 4.78 is 20.2. The molecule has 0 aliphatic rings. The van der Waals surface area contributed by atoms with Crippen LogP contribution in [0.3, 0.4) is 0 Å². The largest absolute Gasteiger partial charge is 0.462 e. The molecule has 69 valence electrons. The van der Waals surface area contributed by atoms with Crippen LogP contribution in [0.1, 0.15) is 0 Å². The van der Waals surface area contributed by atoms with Crippen LogP contribution in [0.25, 0.3) is 0 Å². The Morgan fingerprint density at radius 2 is 2.33 bits per heavy atom. The molecular weight excluding hydrogens is 191 g/mol. The molecule has 0 amide bonds. The van der Waals surface area contributed by atoms with Crippen LogP contribution in [0, 0.1) is 0 Å². The van der Waals surface area contributed by atoms with Crippen molar-refractivity contribution in [3.05, 3.63) is 0 Å². The molecule has 0 saturated carbocycles. The number of carbonyl (C=O) groups is 1. The van der Waals surface area contributed by atoms with Crippen LogP contribution in [-0.2, 0) is 19.1 Å². The van der Waals surface area contributed by atoms with Crippen molar-refractivity contribution >= 4 is 24.0 Å². The number of carbonyl (C=O) groups excluding carboxylic acids is 2. The van der Waals surface area contributed by atoms with Gasteiger partial charge in [-0.3, -0.25) is 0 Å². The van der Waals surface area contributed by atoms with E-state index in [-0.39, 0.29) is 12.5 Å². The van der Waals surface area contributed by atoms with E-state index in [9.17, 15) is 14.0 Å². The number of rotatable bonds is 6. The molecule has 0 spiro atoms. The van der Waals surface area contributed by atoms with Crippen LogP contribution in [0.4, 0.5) is 4.39 Å². The maximum absolute atomic E-state index is 11.9. The molecule has 0 bridgehead atoms. The average Bonchev–Trinajstić information content (AvgIpc) is 2.10. The molecule has 0 aromatic carbocycles. The number of halogens is 2. The minimum absolute atomic E-state index is 0.0426. The van der Waals surface area contributed by atoms with Gasteiger partial charge in [-0.1, -0.05) is 0 Å². The quantitative estimate of drug-likeness (QED) is 0.451. The number of hydrogen-bond acceptors (Lipinski definition) is 4. The zero-order valence-electron chi connectivity index (χ0n) is 6.09. The lowest BCUT2D eigenvalue weighted by Gasteiger charge is -2.08. The van der Waals surface area contributed by atoms with Gasteiger partial charge < -0.3 is 9.47 Å². The minimum Gasteiger partial charge on any atom is -0.462 e. The lowest BCUT2D eigenvalue weighted by molar-refractivity contribution is -0.152. The Balaban J connectivity index is 3.76. The highest BCUT2D eigenvalue weighted by atomic mass is 35.5. The molecule has 0 heterocycles. The summed E-state index contributed by atoms with van der Waals surface area (Å²) in [5.74, 6) is -0.850. The highest BCUT2D eigenvalue weighted by Crippen LogP contribution is 1.95. The van der Waals surface area contributed by atoms with Gasteiger partial charge in [0.2, 0.25) is 6.10 Å². The number of alkyl halides is 2. The lowest BCUT2D eigenvalue weighted by Crippen LogP contribution is -2.28. The second-order valence-electron chi connectivity index (χ2n) is 1.70. The highest BCUT2D eigenvalue weighted by Gasteiger charge is 2.21. The number of esters is 1. The van der Waals surface area contributed by atoms with Crippen LogP contribution >= 0.6 is 11.6 Å². The fraction of sp³-hybridized carbons (Fsp3) is 0.667. The molecule has 1 radical (unpaired) electrons. The molecule has 0 aliphatic carbocycles. The van der Waals surface area contributed by atoms with Gasteiger partial charge in [0.05, 0.1) is 5.88 Å². The Morgan fingerprint density at radius 1 is 1.67 bits per heavy atom. The topological polar surface area (TPSA) is 52.6 Å². The van der Waals surface area contributed by atoms with Crippen molar-refractivity contribution in [1.82, 2.24) is 0 Å². The lowest BCUT2D eigenvalue weighted by atomic mass is 10.4. The van der Waals surface area contributed by atoms with Gasteiger partial charge >= 0.3 is 12.4 Å². The zero-order chi connectivity index (χ0) is 9.40. The van der Waals surface area contributed by atoms with Crippen molar-refractivity contribution in [2.45, 2.75) is 6.10 Å². The molecule has 4 nitrogen and oxygen atoms in total. The molecule has 0 fully saturated rings. The van der Waals surface area contributed by atoms with E-state index in [1.807, 2.05) is 0 Å². The normalized spacial score (nSPS) is 11.8. The predicted octanol–water partition coefficient (Wildman–Crippen LogP) is 0.190. The van der Waals surface area contributed by atoms with Crippen LogP contribution < -0.4 is 0 Å². The maximum atomic E-state index is 11.9. The summed E-state index contributed by atoms with van der Waals surface area (Å²) in [5.41, 5.74) is 0. The second kappa shape index (κ2) is 6.84. The van der Waals surface area contributed by atoms with Gasteiger partial charge in [-0.15, -0.1) is 11.6 Å². The van der Waals surface area contributed by atoms with Crippen molar-refractivity contribution in [2.24, 2.45) is 0 Å². The maximum Gasteiger partial charge on any atom is 0.418 e. The monoisotopic (exact) mass is 197 g/mol. The summed E-state index contributed by atoms with van der Waals surface area (Å²) in [6.07, 6.45) is -1.52. The summed E-state index contributed by atoms with van der Waals surface area (Å²) in [6.45, 7) is -0.219. The third kappa shape index (κ3) is 4.12. The Morgan fingerprint density at radius 3 is 2.75 bits per heavy atom. The van der Waals surface area contributed by atoms with Crippen LogP contribution in [-0.4, -0.2) is 37.7 Å². The van der Waals surface area contributed by atoms with Crippen LogP contribution in [0.15, 0.2) is 0 Å². The van der Waals surface area contributed by atoms with E-state index in [1.54, 1.807) is 0 Å². The van der Waals surface area contributed by atoms with Gasteiger partial charge in [-0.2, -0.15) is 0 Å². The molecule has 0 aliphatic heterocycles. The van der Waals surface area contributed by atoms with E-state index >= 15 is 0 Å². The van der Waals surface area contributed by atoms with E-state index in [0.717, 1.165) is 6.47 Å². The number of ether oxygens (including phenoxy) is 2. The number of hydrogen-bond donors (Lipinski definition) is 0. The van der Waals surface area contributed by atoms with Gasteiger partial charge in [0.15, 0.2) is 0 Å². The molecular formula is C6H7ClFO4. The van der Waals surface area contributed by atoms with E-state index in [1.165, 1.54) is 0 Å². The summed E-state index contributed by atoms with van der Waals surface area (Å²) >= 11 is 5.18. The molecule has 1 unspecified atom stereocenters. The first kappa shape index (κ1) is 11.2. The SMILES string of the molecule is O=[C]OC(CF)C(=O)OCCCl. The molecule has 1 atom stereocenters. The predicted molar refractivity (Wildman–Crippen MR) is 38.2 cm³/mol. The van der Waals surface area contributed by atoms with Crippen molar-refractivity contribution in [1.29, 1.82) is 0 Å². The van der Waals surface area contributed by atoms with Crippen molar-refractivity contribution in [3.63, 3.8) is 0 Å². The molecule has 0 rings (SSSR count). The Labute approximate surface area is 73.6 Å². The Hall–Kier alpha value is -0.840. The standard InChI is InChI=1S/C6H7ClFO4/c7-1-2-11-6(10)5(3-8)12-4-9/h5H,1-3H2. The van der Waals surface area contributed by atoms with Crippen LogP contribution in [0.5, 0.6) is 0 Å². The Kier molecular flexibility index (Phi) is 6.37. The molecule has 0 aromatic rings. The molecule has 0 N–H and O–H groups in total. The fourth-order valence-corrected chi connectivity index (χ4v) is 0.510. The third-order valence-electron chi connectivity index (χ3n) is 0.915. The van der Waals surface area contributed by atoms with E-state index in [2.05, 4.69) is 9.47 Å². The molecule has 6 heteroatoms. The van der Waals surface area contributed by atoms with Crippen LogP contribution in [0.2, 0.25) is 0 Å². The third-order valence-corrected chi connectivity index (χ3v) is 1.07.